The summed E-state index contributed by atoms with van der Waals surface area (Å²) in [7, 11) is -0.208. The Morgan fingerprint density at radius 3 is 2.15 bits per heavy atom. The van der Waals surface area contributed by atoms with Gasteiger partial charge in [0.15, 0.2) is 11.5 Å². The van der Waals surface area contributed by atoms with E-state index in [-0.39, 0.29) is 16.3 Å². The van der Waals surface area contributed by atoms with Gasteiger partial charge in [0.2, 0.25) is 0 Å². The van der Waals surface area contributed by atoms with Crippen LogP contribution in [0, 0.1) is 5.82 Å². The van der Waals surface area contributed by atoms with Gasteiger partial charge in [0, 0.05) is 6.07 Å². The Kier molecular flexibility index (Phi) is 6.04. The quantitative estimate of drug-likeness (QED) is 0.682. The van der Waals surface area contributed by atoms with Crippen molar-refractivity contribution in [2.75, 3.05) is 32.2 Å². The molecule has 0 aliphatic rings. The lowest BCUT2D eigenvalue weighted by atomic mass is 10.3. The van der Waals surface area contributed by atoms with E-state index in [2.05, 4.69) is 4.74 Å². The van der Waals surface area contributed by atoms with Crippen molar-refractivity contribution in [2.24, 2.45) is 0 Å². The van der Waals surface area contributed by atoms with Gasteiger partial charge >= 0.3 is 5.97 Å². The number of halogens is 1. The number of nitrogens with zero attached hydrogens (tertiary/aromatic N) is 1. The van der Waals surface area contributed by atoms with Gasteiger partial charge in [-0.15, -0.1) is 0 Å². The van der Waals surface area contributed by atoms with Gasteiger partial charge in [-0.05, 0) is 36.4 Å². The zero-order valence-electron chi connectivity index (χ0n) is 14.4. The third-order valence-electron chi connectivity index (χ3n) is 3.56. The Balaban J connectivity index is 2.54. The van der Waals surface area contributed by atoms with Gasteiger partial charge < -0.3 is 14.2 Å². The van der Waals surface area contributed by atoms with E-state index in [1.807, 2.05) is 0 Å². The van der Waals surface area contributed by atoms with Gasteiger partial charge in [-0.3, -0.25) is 9.10 Å². The molecule has 140 valence electrons. The number of hydrogen-bond acceptors (Lipinski definition) is 6. The third-order valence-corrected chi connectivity index (χ3v) is 5.33. The Bertz CT molecular complexity index is 883. The van der Waals surface area contributed by atoms with E-state index in [9.17, 15) is 17.6 Å². The average molecular weight is 383 g/mol. The zero-order chi connectivity index (χ0) is 19.3. The lowest BCUT2D eigenvalue weighted by Gasteiger charge is -2.23. The second-order valence-corrected chi connectivity index (χ2v) is 6.94. The fourth-order valence-corrected chi connectivity index (χ4v) is 3.63. The molecule has 0 saturated heterocycles. The van der Waals surface area contributed by atoms with Crippen LogP contribution in [-0.2, 0) is 19.6 Å². The number of esters is 1. The molecule has 0 aliphatic carbocycles. The van der Waals surface area contributed by atoms with Crippen LogP contribution in [0.2, 0.25) is 0 Å². The van der Waals surface area contributed by atoms with Crippen molar-refractivity contribution < 1.29 is 31.8 Å². The molecule has 0 radical (unpaired) electrons. The number of benzene rings is 2. The summed E-state index contributed by atoms with van der Waals surface area (Å²) in [4.78, 5) is 11.6. The Hall–Kier alpha value is -2.81. The highest BCUT2D eigenvalue weighted by Gasteiger charge is 2.28. The van der Waals surface area contributed by atoms with E-state index in [1.165, 1.54) is 44.6 Å². The maximum Gasteiger partial charge on any atom is 0.326 e. The van der Waals surface area contributed by atoms with E-state index >= 15 is 0 Å². The molecule has 0 atom stereocenters. The molecular weight excluding hydrogens is 365 g/mol. The number of anilines is 1. The van der Waals surface area contributed by atoms with Gasteiger partial charge in [0.1, 0.15) is 12.4 Å². The van der Waals surface area contributed by atoms with Crippen LogP contribution in [0.4, 0.5) is 10.1 Å². The minimum absolute atomic E-state index is 0.117. The first kappa shape index (κ1) is 19.5. The molecule has 2 aromatic rings. The number of sulfonamides is 1. The van der Waals surface area contributed by atoms with E-state index in [4.69, 9.17) is 9.47 Å². The molecule has 0 bridgehead atoms. The summed E-state index contributed by atoms with van der Waals surface area (Å²) in [6.45, 7) is -0.571. The van der Waals surface area contributed by atoms with E-state index in [0.717, 1.165) is 23.5 Å². The summed E-state index contributed by atoms with van der Waals surface area (Å²) < 4.78 is 54.9. The summed E-state index contributed by atoms with van der Waals surface area (Å²) in [6.07, 6.45) is 0. The molecule has 9 heteroatoms. The highest BCUT2D eigenvalue weighted by atomic mass is 32.2. The predicted octanol–water partition coefficient (Wildman–Crippen LogP) is 2.21. The maximum atomic E-state index is 13.2. The zero-order valence-corrected chi connectivity index (χ0v) is 15.2. The molecule has 0 unspecified atom stereocenters. The number of ether oxygens (including phenoxy) is 3. The largest absolute Gasteiger partial charge is 0.493 e. The van der Waals surface area contributed by atoms with Gasteiger partial charge in [0.05, 0.1) is 31.9 Å². The van der Waals surface area contributed by atoms with Crippen molar-refractivity contribution in [1.82, 2.24) is 0 Å². The van der Waals surface area contributed by atoms with Gasteiger partial charge in [-0.1, -0.05) is 0 Å². The standard InChI is InChI=1S/C17H18FNO6S/c1-23-15-9-8-14(10-16(15)24-2)26(21,22)19(11-17(20)25-3)13-6-4-12(18)5-7-13/h4-10H,11H2,1-3H3. The summed E-state index contributed by atoms with van der Waals surface area (Å²) in [5.74, 6) is -0.730. The van der Waals surface area contributed by atoms with E-state index in [0.29, 0.717) is 5.75 Å². The van der Waals surface area contributed by atoms with Crippen LogP contribution >= 0.6 is 0 Å². The number of carbonyl (C=O) groups excluding carboxylic acids is 1. The second kappa shape index (κ2) is 8.05. The smallest absolute Gasteiger partial charge is 0.326 e. The van der Waals surface area contributed by atoms with Crippen molar-refractivity contribution in [3.05, 3.63) is 48.3 Å². The average Bonchev–Trinajstić information content (AvgIpc) is 2.65. The Morgan fingerprint density at radius 1 is 1.00 bits per heavy atom. The summed E-state index contributed by atoms with van der Waals surface area (Å²) in [5, 5.41) is 0. The first-order valence-electron chi connectivity index (χ1n) is 7.40. The molecule has 0 spiro atoms. The molecule has 2 aromatic carbocycles. The monoisotopic (exact) mass is 383 g/mol. The van der Waals surface area contributed by atoms with Crippen molar-refractivity contribution in [3.63, 3.8) is 0 Å². The molecule has 0 heterocycles. The molecular formula is C17H18FNO6S. The van der Waals surface area contributed by atoms with E-state index < -0.39 is 28.4 Å². The predicted molar refractivity (Wildman–Crippen MR) is 92.5 cm³/mol. The molecule has 0 N–H and O–H groups in total. The molecule has 26 heavy (non-hydrogen) atoms. The van der Waals surface area contributed by atoms with E-state index in [1.54, 1.807) is 0 Å². The Morgan fingerprint density at radius 2 is 1.62 bits per heavy atom. The summed E-state index contributed by atoms with van der Waals surface area (Å²) in [5.41, 5.74) is 0.117. The third kappa shape index (κ3) is 4.05. The minimum atomic E-state index is -4.16. The molecule has 0 fully saturated rings. The lowest BCUT2D eigenvalue weighted by molar-refractivity contribution is -0.138. The van der Waals surface area contributed by atoms with Crippen molar-refractivity contribution in [2.45, 2.75) is 4.90 Å². The van der Waals surface area contributed by atoms with Crippen molar-refractivity contribution in [3.8, 4) is 11.5 Å². The summed E-state index contributed by atoms with van der Waals surface area (Å²) in [6, 6.07) is 8.76. The molecule has 0 aromatic heterocycles. The number of carbonyl (C=O) groups is 1. The van der Waals surface area contributed by atoms with Crippen LogP contribution in [0.1, 0.15) is 0 Å². The molecule has 0 amide bonds. The Labute approximate surface area is 151 Å². The highest BCUT2D eigenvalue weighted by molar-refractivity contribution is 7.92. The SMILES string of the molecule is COC(=O)CN(c1ccc(F)cc1)S(=O)(=O)c1ccc(OC)c(OC)c1. The topological polar surface area (TPSA) is 82.1 Å². The molecule has 0 aliphatic heterocycles. The first-order valence-corrected chi connectivity index (χ1v) is 8.84. The maximum absolute atomic E-state index is 13.2. The van der Waals surface area contributed by atoms with Crippen LogP contribution in [0.5, 0.6) is 11.5 Å². The number of rotatable bonds is 7. The van der Waals surface area contributed by atoms with Gasteiger partial charge in [-0.25, -0.2) is 12.8 Å². The summed E-state index contributed by atoms with van der Waals surface area (Å²) >= 11 is 0. The van der Waals surface area contributed by atoms with Crippen LogP contribution in [0.15, 0.2) is 47.4 Å². The molecule has 0 saturated carbocycles. The molecule has 2 rings (SSSR count). The number of methoxy groups -OCH3 is 3. The highest BCUT2D eigenvalue weighted by Crippen LogP contribution is 2.32. The second-order valence-electron chi connectivity index (χ2n) is 5.08. The van der Waals surface area contributed by atoms with Crippen molar-refractivity contribution >= 4 is 21.7 Å². The first-order chi connectivity index (χ1) is 12.3. The fourth-order valence-electron chi connectivity index (χ4n) is 2.21. The normalized spacial score (nSPS) is 10.9. The minimum Gasteiger partial charge on any atom is -0.493 e. The fraction of sp³-hybridized carbons (Fsp3) is 0.235. The van der Waals surface area contributed by atoms with Gasteiger partial charge in [0.25, 0.3) is 10.0 Å². The van der Waals surface area contributed by atoms with Crippen LogP contribution in [0.25, 0.3) is 0 Å². The lowest BCUT2D eigenvalue weighted by Crippen LogP contribution is -2.36. The molecule has 7 nitrogen and oxygen atoms in total. The van der Waals surface area contributed by atoms with Crippen LogP contribution < -0.4 is 13.8 Å². The van der Waals surface area contributed by atoms with Gasteiger partial charge in [-0.2, -0.15) is 0 Å². The van der Waals surface area contributed by atoms with Crippen molar-refractivity contribution in [1.29, 1.82) is 0 Å². The van der Waals surface area contributed by atoms with Crippen LogP contribution in [0.3, 0.4) is 0 Å². The van der Waals surface area contributed by atoms with Crippen LogP contribution in [-0.4, -0.2) is 42.3 Å². The number of hydrogen-bond donors (Lipinski definition) is 0.